The van der Waals surface area contributed by atoms with Gasteiger partial charge in [-0.1, -0.05) is 0 Å². The molecule has 0 N–H and O–H groups in total. The molecule has 0 aliphatic carbocycles. The molecule has 0 aromatic rings. The second kappa shape index (κ2) is 5.95. The van der Waals surface area contributed by atoms with Gasteiger partial charge < -0.3 is 4.74 Å². The Balaban J connectivity index is 4.11. The van der Waals surface area contributed by atoms with Gasteiger partial charge in [-0.3, -0.25) is 9.69 Å². The van der Waals surface area contributed by atoms with E-state index in [-0.39, 0.29) is 19.1 Å². The summed E-state index contributed by atoms with van der Waals surface area (Å²) in [6.07, 6.45) is -5.11. The highest BCUT2D eigenvalue weighted by atomic mass is 19.4. The van der Waals surface area contributed by atoms with Gasteiger partial charge >= 0.3 is 12.1 Å². The molecule has 0 aromatic carbocycles. The lowest BCUT2D eigenvalue weighted by Gasteiger charge is -2.25. The van der Waals surface area contributed by atoms with Crippen LogP contribution in [0, 0.1) is 0 Å². The number of carbonyl (C=O) groups is 1. The molecule has 0 saturated carbocycles. The quantitative estimate of drug-likeness (QED) is 0.671. The third-order valence-electron chi connectivity index (χ3n) is 1.97. The highest BCUT2D eigenvalue weighted by molar-refractivity contribution is 5.71. The van der Waals surface area contributed by atoms with Crippen LogP contribution in [-0.2, 0) is 9.53 Å². The van der Waals surface area contributed by atoms with E-state index in [1.807, 2.05) is 0 Å². The van der Waals surface area contributed by atoms with E-state index in [4.69, 9.17) is 0 Å². The van der Waals surface area contributed by atoms with Gasteiger partial charge in [0, 0.05) is 12.6 Å². The molecule has 0 fully saturated rings. The molecule has 0 aliphatic heterocycles. The first-order valence-corrected chi connectivity index (χ1v) is 4.64. The molecule has 0 saturated heterocycles. The van der Waals surface area contributed by atoms with Crippen molar-refractivity contribution in [1.29, 1.82) is 0 Å². The van der Waals surface area contributed by atoms with Crippen molar-refractivity contribution in [2.45, 2.75) is 32.5 Å². The molecule has 0 aliphatic rings. The first-order valence-electron chi connectivity index (χ1n) is 4.64. The third-order valence-corrected chi connectivity index (χ3v) is 1.97. The fourth-order valence-electron chi connectivity index (χ4n) is 1.02. The van der Waals surface area contributed by atoms with Crippen LogP contribution in [0.4, 0.5) is 13.2 Å². The summed E-state index contributed by atoms with van der Waals surface area (Å²) in [5.41, 5.74) is 0. The minimum Gasteiger partial charge on any atom is -0.468 e. The standard InChI is InChI=1S/C9H16F3NO2/c1-7(2)13(6-8(14)15-3)5-4-9(10,11)12/h7H,4-6H2,1-3H3. The zero-order valence-electron chi connectivity index (χ0n) is 9.10. The zero-order chi connectivity index (χ0) is 12.1. The fraction of sp³-hybridized carbons (Fsp3) is 0.889. The normalized spacial score (nSPS) is 12.3. The van der Waals surface area contributed by atoms with Crippen molar-refractivity contribution in [3.8, 4) is 0 Å². The minimum atomic E-state index is -4.19. The molecule has 0 atom stereocenters. The Morgan fingerprint density at radius 1 is 1.40 bits per heavy atom. The van der Waals surface area contributed by atoms with Crippen molar-refractivity contribution in [2.24, 2.45) is 0 Å². The van der Waals surface area contributed by atoms with Crippen LogP contribution in [0.25, 0.3) is 0 Å². The van der Waals surface area contributed by atoms with E-state index in [2.05, 4.69) is 4.74 Å². The SMILES string of the molecule is COC(=O)CN(CCC(F)(F)F)C(C)C. The lowest BCUT2D eigenvalue weighted by atomic mass is 10.3. The van der Waals surface area contributed by atoms with E-state index in [0.29, 0.717) is 0 Å². The Bertz CT molecular complexity index is 204. The zero-order valence-corrected chi connectivity index (χ0v) is 9.10. The van der Waals surface area contributed by atoms with Gasteiger partial charge in [-0.2, -0.15) is 13.2 Å². The van der Waals surface area contributed by atoms with Gasteiger partial charge in [-0.15, -0.1) is 0 Å². The predicted octanol–water partition coefficient (Wildman–Crippen LogP) is 1.82. The predicted molar refractivity (Wildman–Crippen MR) is 49.4 cm³/mol. The van der Waals surface area contributed by atoms with Crippen LogP contribution in [0.2, 0.25) is 0 Å². The molecule has 0 radical (unpaired) electrons. The van der Waals surface area contributed by atoms with E-state index < -0.39 is 18.6 Å². The smallest absolute Gasteiger partial charge is 0.390 e. The molecule has 90 valence electrons. The molecule has 0 spiro atoms. The molecule has 0 unspecified atom stereocenters. The van der Waals surface area contributed by atoms with Crippen molar-refractivity contribution in [3.05, 3.63) is 0 Å². The summed E-state index contributed by atoms with van der Waals surface area (Å²) >= 11 is 0. The number of methoxy groups -OCH3 is 1. The number of carbonyl (C=O) groups excluding carboxylic acids is 1. The van der Waals surface area contributed by atoms with Gasteiger partial charge in [0.1, 0.15) is 0 Å². The van der Waals surface area contributed by atoms with Gasteiger partial charge in [0.25, 0.3) is 0 Å². The number of halogens is 3. The first kappa shape index (κ1) is 14.2. The summed E-state index contributed by atoms with van der Waals surface area (Å²) in [7, 11) is 1.21. The van der Waals surface area contributed by atoms with Crippen LogP contribution < -0.4 is 0 Å². The monoisotopic (exact) mass is 227 g/mol. The number of esters is 1. The summed E-state index contributed by atoms with van der Waals surface area (Å²) in [6.45, 7) is 3.18. The molecule has 0 aromatic heterocycles. The number of hydrogen-bond donors (Lipinski definition) is 0. The second-order valence-electron chi connectivity index (χ2n) is 3.51. The Labute approximate surface area is 87.2 Å². The van der Waals surface area contributed by atoms with Gasteiger partial charge in [-0.25, -0.2) is 0 Å². The van der Waals surface area contributed by atoms with Crippen molar-refractivity contribution in [3.63, 3.8) is 0 Å². The van der Waals surface area contributed by atoms with E-state index >= 15 is 0 Å². The Hall–Kier alpha value is -0.780. The lowest BCUT2D eigenvalue weighted by molar-refractivity contribution is -0.148. The van der Waals surface area contributed by atoms with Gasteiger partial charge in [0.15, 0.2) is 0 Å². The second-order valence-corrected chi connectivity index (χ2v) is 3.51. The Kier molecular flexibility index (Phi) is 5.64. The van der Waals surface area contributed by atoms with Crippen LogP contribution in [-0.4, -0.2) is 43.3 Å². The summed E-state index contributed by atoms with van der Waals surface area (Å²) in [5, 5.41) is 0. The van der Waals surface area contributed by atoms with Crippen molar-refractivity contribution in [2.75, 3.05) is 20.2 Å². The van der Waals surface area contributed by atoms with Crippen molar-refractivity contribution >= 4 is 5.97 Å². The van der Waals surface area contributed by atoms with E-state index in [0.717, 1.165) is 0 Å². The molecule has 0 amide bonds. The third kappa shape index (κ3) is 7.18. The van der Waals surface area contributed by atoms with Gasteiger partial charge in [0.2, 0.25) is 0 Å². The maximum absolute atomic E-state index is 12.0. The first-order chi connectivity index (χ1) is 6.76. The highest BCUT2D eigenvalue weighted by Gasteiger charge is 2.28. The summed E-state index contributed by atoms with van der Waals surface area (Å²) in [4.78, 5) is 12.3. The molecule has 6 heteroatoms. The number of rotatable bonds is 5. The molecule has 3 nitrogen and oxygen atoms in total. The van der Waals surface area contributed by atoms with Gasteiger partial charge in [0.05, 0.1) is 20.1 Å². The summed E-state index contributed by atoms with van der Waals surface area (Å²) < 4.78 is 40.3. The highest BCUT2D eigenvalue weighted by Crippen LogP contribution is 2.20. The Morgan fingerprint density at radius 2 is 1.93 bits per heavy atom. The van der Waals surface area contributed by atoms with Crippen LogP contribution in [0.5, 0.6) is 0 Å². The molecule has 0 rings (SSSR count). The van der Waals surface area contributed by atoms with Crippen LogP contribution in [0.3, 0.4) is 0 Å². The number of hydrogen-bond acceptors (Lipinski definition) is 3. The number of ether oxygens (including phenoxy) is 1. The largest absolute Gasteiger partial charge is 0.468 e. The number of alkyl halides is 3. The van der Waals surface area contributed by atoms with Crippen LogP contribution in [0.15, 0.2) is 0 Å². The maximum Gasteiger partial charge on any atom is 0.390 e. The Morgan fingerprint density at radius 3 is 2.27 bits per heavy atom. The van der Waals surface area contributed by atoms with Crippen molar-refractivity contribution < 1.29 is 22.7 Å². The summed E-state index contributed by atoms with van der Waals surface area (Å²) in [6, 6.07) is -0.119. The fourth-order valence-corrected chi connectivity index (χ4v) is 1.02. The lowest BCUT2D eigenvalue weighted by Crippen LogP contribution is -2.38. The maximum atomic E-state index is 12.0. The summed E-state index contributed by atoms with van der Waals surface area (Å²) in [5.74, 6) is -0.522. The molecule has 15 heavy (non-hydrogen) atoms. The van der Waals surface area contributed by atoms with E-state index in [1.54, 1.807) is 13.8 Å². The van der Waals surface area contributed by atoms with Crippen LogP contribution >= 0.6 is 0 Å². The molecular formula is C9H16F3NO2. The number of nitrogens with zero attached hydrogens (tertiary/aromatic N) is 1. The molecular weight excluding hydrogens is 211 g/mol. The van der Waals surface area contributed by atoms with Crippen LogP contribution in [0.1, 0.15) is 20.3 Å². The topological polar surface area (TPSA) is 29.5 Å². The van der Waals surface area contributed by atoms with Crippen molar-refractivity contribution in [1.82, 2.24) is 4.90 Å². The molecule has 0 bridgehead atoms. The van der Waals surface area contributed by atoms with E-state index in [9.17, 15) is 18.0 Å². The van der Waals surface area contributed by atoms with E-state index in [1.165, 1.54) is 12.0 Å². The average molecular weight is 227 g/mol. The average Bonchev–Trinajstić information content (AvgIpc) is 2.09. The molecule has 0 heterocycles. The van der Waals surface area contributed by atoms with Gasteiger partial charge in [-0.05, 0) is 13.8 Å². The minimum absolute atomic E-state index is 0.107.